The van der Waals surface area contributed by atoms with Gasteiger partial charge in [0, 0.05) is 32.2 Å². The lowest BCUT2D eigenvalue weighted by molar-refractivity contribution is -0.117. The Labute approximate surface area is 174 Å². The summed E-state index contributed by atoms with van der Waals surface area (Å²) < 4.78 is 34.1. The average molecular weight is 427 g/mol. The number of rotatable bonds is 5. The minimum absolute atomic E-state index is 0.0858. The van der Waals surface area contributed by atoms with Crippen LogP contribution in [-0.4, -0.2) is 54.0 Å². The Morgan fingerprint density at radius 2 is 2.00 bits per heavy atom. The van der Waals surface area contributed by atoms with E-state index in [9.17, 15) is 13.2 Å². The highest BCUT2D eigenvalue weighted by Crippen LogP contribution is 2.24. The molecular formula is C20H21N5O4S. The number of imidazole rings is 1. The smallest absolute Gasteiger partial charge is 0.256 e. The molecule has 9 nitrogen and oxygen atoms in total. The first-order valence-electron chi connectivity index (χ1n) is 9.27. The average Bonchev–Trinajstić information content (AvgIpc) is 3.16. The van der Waals surface area contributed by atoms with Crippen molar-refractivity contribution >= 4 is 21.8 Å². The third kappa shape index (κ3) is 3.99. The summed E-state index contributed by atoms with van der Waals surface area (Å²) in [7, 11) is 0.0162. The molecule has 2 aliphatic rings. The molecule has 3 heterocycles. The zero-order valence-electron chi connectivity index (χ0n) is 16.5. The first-order chi connectivity index (χ1) is 14.4. The fourth-order valence-corrected chi connectivity index (χ4v) is 4.27. The normalized spacial score (nSPS) is 18.1. The molecule has 1 atom stereocenters. The van der Waals surface area contributed by atoms with Gasteiger partial charge in [0.15, 0.2) is 0 Å². The lowest BCUT2D eigenvalue weighted by atomic mass is 10.0. The number of nitrogens with zero attached hydrogens (tertiary/aromatic N) is 4. The lowest BCUT2D eigenvalue weighted by Gasteiger charge is -2.27. The number of methoxy groups -OCH3 is 1. The largest absolute Gasteiger partial charge is 0.497 e. The lowest BCUT2D eigenvalue weighted by Crippen LogP contribution is -2.38. The van der Waals surface area contributed by atoms with Crippen LogP contribution in [0.1, 0.15) is 17.4 Å². The van der Waals surface area contributed by atoms with Crippen LogP contribution in [0.4, 0.5) is 0 Å². The SMILES string of the molecule is COc1ccc(C(NC(=O)C2=CN3CCS(=O)(=O)N=C3C=C2)c2nccn2C)cc1. The highest BCUT2D eigenvalue weighted by molar-refractivity contribution is 7.90. The maximum Gasteiger partial charge on any atom is 0.256 e. The van der Waals surface area contributed by atoms with Crippen LogP contribution in [-0.2, 0) is 21.9 Å². The summed E-state index contributed by atoms with van der Waals surface area (Å²) in [5.74, 6) is 1.32. The second kappa shape index (κ2) is 7.79. The molecule has 30 heavy (non-hydrogen) atoms. The molecule has 1 aromatic carbocycles. The van der Waals surface area contributed by atoms with Gasteiger partial charge in [0.1, 0.15) is 23.5 Å². The van der Waals surface area contributed by atoms with Crippen LogP contribution in [0.5, 0.6) is 5.75 Å². The quantitative estimate of drug-likeness (QED) is 0.767. The van der Waals surface area contributed by atoms with Gasteiger partial charge in [-0.25, -0.2) is 13.4 Å². The van der Waals surface area contributed by atoms with Gasteiger partial charge in [-0.15, -0.1) is 4.40 Å². The van der Waals surface area contributed by atoms with Crippen molar-refractivity contribution in [2.24, 2.45) is 11.4 Å². The van der Waals surface area contributed by atoms with Crippen LogP contribution in [0, 0.1) is 0 Å². The molecule has 2 aliphatic heterocycles. The van der Waals surface area contributed by atoms with Crippen molar-refractivity contribution in [1.82, 2.24) is 19.8 Å². The number of benzene rings is 1. The molecule has 0 radical (unpaired) electrons. The summed E-state index contributed by atoms with van der Waals surface area (Å²) in [5.41, 5.74) is 1.26. The molecule has 4 rings (SSSR count). The van der Waals surface area contributed by atoms with Gasteiger partial charge < -0.3 is 19.5 Å². The van der Waals surface area contributed by atoms with Crippen molar-refractivity contribution in [3.8, 4) is 5.75 Å². The molecule has 0 saturated heterocycles. The molecular weight excluding hydrogens is 406 g/mol. The monoisotopic (exact) mass is 427 g/mol. The number of nitrogens with one attached hydrogen (secondary N) is 1. The van der Waals surface area contributed by atoms with Crippen LogP contribution in [0.15, 0.2) is 65.0 Å². The van der Waals surface area contributed by atoms with Gasteiger partial charge in [0.2, 0.25) is 0 Å². The number of carbonyl (C=O) groups is 1. The molecule has 156 valence electrons. The molecule has 10 heteroatoms. The van der Waals surface area contributed by atoms with E-state index >= 15 is 0 Å². The summed E-state index contributed by atoms with van der Waals surface area (Å²) >= 11 is 0. The number of amidine groups is 1. The van der Waals surface area contributed by atoms with E-state index in [-0.39, 0.29) is 18.2 Å². The number of carbonyl (C=O) groups excluding carboxylic acids is 1. The van der Waals surface area contributed by atoms with E-state index in [4.69, 9.17) is 4.74 Å². The molecule has 0 saturated carbocycles. The molecule has 1 amide bonds. The molecule has 2 aromatic rings. The van der Waals surface area contributed by atoms with Gasteiger partial charge in [-0.3, -0.25) is 4.79 Å². The fourth-order valence-electron chi connectivity index (χ4n) is 3.30. The Morgan fingerprint density at radius 1 is 1.23 bits per heavy atom. The van der Waals surface area contributed by atoms with Gasteiger partial charge in [0.25, 0.3) is 15.9 Å². The van der Waals surface area contributed by atoms with E-state index in [0.717, 1.165) is 5.56 Å². The zero-order valence-corrected chi connectivity index (χ0v) is 17.3. The van der Waals surface area contributed by atoms with Crippen LogP contribution in [0.25, 0.3) is 0 Å². The van der Waals surface area contributed by atoms with Gasteiger partial charge in [-0.05, 0) is 29.8 Å². The Bertz CT molecular complexity index is 1160. The van der Waals surface area contributed by atoms with Crippen molar-refractivity contribution in [3.05, 3.63) is 72.0 Å². The fraction of sp³-hybridized carbons (Fsp3) is 0.250. The van der Waals surface area contributed by atoms with Crippen LogP contribution in [0.3, 0.4) is 0 Å². The van der Waals surface area contributed by atoms with Crippen molar-refractivity contribution in [1.29, 1.82) is 0 Å². The number of fused-ring (bicyclic) bond motifs is 1. The predicted octanol–water partition coefficient (Wildman–Crippen LogP) is 1.13. The zero-order chi connectivity index (χ0) is 21.3. The predicted molar refractivity (Wildman–Crippen MR) is 111 cm³/mol. The third-order valence-corrected chi connectivity index (χ3v) is 6.09. The maximum atomic E-state index is 13.0. The number of aryl methyl sites for hydroxylation is 1. The standard InChI is InChI=1S/C20H21N5O4S/c1-24-10-9-21-19(24)18(14-3-6-16(29-2)7-4-14)22-20(26)15-5-8-17-23-30(27,28)12-11-25(17)13-15/h3-10,13,18H,11-12H2,1-2H3,(H,22,26). The highest BCUT2D eigenvalue weighted by Gasteiger charge is 2.27. The van der Waals surface area contributed by atoms with E-state index in [1.807, 2.05) is 42.1 Å². The molecule has 1 unspecified atom stereocenters. The Balaban J connectivity index is 1.61. The van der Waals surface area contributed by atoms with Gasteiger partial charge in [-0.2, -0.15) is 0 Å². The second-order valence-corrected chi connectivity index (χ2v) is 8.68. The van der Waals surface area contributed by atoms with E-state index in [2.05, 4.69) is 14.7 Å². The Kier molecular flexibility index (Phi) is 5.17. The van der Waals surface area contributed by atoms with E-state index < -0.39 is 16.1 Å². The summed E-state index contributed by atoms with van der Waals surface area (Å²) in [4.78, 5) is 19.1. The number of amides is 1. The van der Waals surface area contributed by atoms with Gasteiger partial charge in [-0.1, -0.05) is 12.1 Å². The van der Waals surface area contributed by atoms with Crippen LogP contribution in [0.2, 0.25) is 0 Å². The van der Waals surface area contributed by atoms with Crippen LogP contribution >= 0.6 is 0 Å². The maximum absolute atomic E-state index is 13.0. The number of hydrogen-bond donors (Lipinski definition) is 1. The molecule has 1 aromatic heterocycles. The topological polar surface area (TPSA) is 106 Å². The minimum atomic E-state index is -3.44. The molecule has 0 fully saturated rings. The highest BCUT2D eigenvalue weighted by atomic mass is 32.2. The van der Waals surface area contributed by atoms with Gasteiger partial charge in [0.05, 0.1) is 18.4 Å². The van der Waals surface area contributed by atoms with Crippen molar-refractivity contribution in [3.63, 3.8) is 0 Å². The summed E-state index contributed by atoms with van der Waals surface area (Å²) in [6.45, 7) is 0.254. The number of ether oxygens (including phenoxy) is 1. The first-order valence-corrected chi connectivity index (χ1v) is 10.9. The Hall–Kier alpha value is -3.40. The van der Waals surface area contributed by atoms with E-state index in [0.29, 0.717) is 23.0 Å². The Morgan fingerprint density at radius 3 is 2.67 bits per heavy atom. The second-order valence-electron chi connectivity index (χ2n) is 6.92. The summed E-state index contributed by atoms with van der Waals surface area (Å²) in [5, 5.41) is 3.03. The summed E-state index contributed by atoms with van der Waals surface area (Å²) in [6.07, 6.45) is 8.21. The summed E-state index contributed by atoms with van der Waals surface area (Å²) in [6, 6.07) is 6.94. The van der Waals surface area contributed by atoms with Crippen molar-refractivity contribution in [2.75, 3.05) is 19.4 Å². The van der Waals surface area contributed by atoms with Crippen LogP contribution < -0.4 is 10.1 Å². The van der Waals surface area contributed by atoms with E-state index in [1.54, 1.807) is 30.5 Å². The molecule has 0 bridgehead atoms. The van der Waals surface area contributed by atoms with Crippen molar-refractivity contribution < 1.29 is 17.9 Å². The number of aromatic nitrogens is 2. The van der Waals surface area contributed by atoms with Gasteiger partial charge >= 0.3 is 0 Å². The van der Waals surface area contributed by atoms with Crippen molar-refractivity contribution in [2.45, 2.75) is 6.04 Å². The minimum Gasteiger partial charge on any atom is -0.497 e. The van der Waals surface area contributed by atoms with E-state index in [1.165, 1.54) is 6.08 Å². The molecule has 0 aliphatic carbocycles. The molecule has 1 N–H and O–H groups in total. The third-order valence-electron chi connectivity index (χ3n) is 4.93. The molecule has 0 spiro atoms. The number of hydrogen-bond acceptors (Lipinski definition) is 6. The number of sulfonamides is 1. The first kappa shape index (κ1) is 19.9.